The van der Waals surface area contributed by atoms with Crippen molar-refractivity contribution in [1.82, 2.24) is 10.2 Å². The van der Waals surface area contributed by atoms with E-state index in [0.29, 0.717) is 5.92 Å². The minimum atomic E-state index is 0.654. The summed E-state index contributed by atoms with van der Waals surface area (Å²) in [6.45, 7) is 6.58. The number of aromatic amines is 1. The summed E-state index contributed by atoms with van der Waals surface area (Å²) in [5, 5.41) is 7.20. The molecule has 1 unspecified atom stereocenters. The Labute approximate surface area is 74.4 Å². The standard InChI is InChI=1S/C10H18N2/c1-4-6-9(5-2)10-8(3)7-11-12-10/h7,9H,4-6H2,1-3H3,(H,11,12). The van der Waals surface area contributed by atoms with Crippen molar-refractivity contribution in [2.45, 2.75) is 46.0 Å². The average Bonchev–Trinajstić information content (AvgIpc) is 2.47. The van der Waals surface area contributed by atoms with Crippen LogP contribution in [0.2, 0.25) is 0 Å². The van der Waals surface area contributed by atoms with Crippen molar-refractivity contribution >= 4 is 0 Å². The SMILES string of the molecule is CCCC(CC)c1n[nH]cc1C. The van der Waals surface area contributed by atoms with Gasteiger partial charge in [0.05, 0.1) is 5.69 Å². The molecule has 1 rings (SSSR count). The van der Waals surface area contributed by atoms with E-state index < -0.39 is 0 Å². The van der Waals surface area contributed by atoms with Crippen LogP contribution in [0.5, 0.6) is 0 Å². The normalized spacial score (nSPS) is 13.2. The fraction of sp³-hybridized carbons (Fsp3) is 0.700. The predicted octanol–water partition coefficient (Wildman–Crippen LogP) is 3.01. The van der Waals surface area contributed by atoms with Gasteiger partial charge in [-0.3, -0.25) is 5.10 Å². The second-order valence-electron chi connectivity index (χ2n) is 3.35. The molecule has 0 saturated heterocycles. The molecule has 1 aromatic rings. The van der Waals surface area contributed by atoms with E-state index in [1.807, 2.05) is 6.20 Å². The van der Waals surface area contributed by atoms with Crippen molar-refractivity contribution in [3.8, 4) is 0 Å². The molecule has 12 heavy (non-hydrogen) atoms. The molecular weight excluding hydrogens is 148 g/mol. The fourth-order valence-electron chi connectivity index (χ4n) is 1.66. The highest BCUT2D eigenvalue weighted by atomic mass is 15.1. The van der Waals surface area contributed by atoms with Crippen molar-refractivity contribution in [2.24, 2.45) is 0 Å². The molecule has 0 fully saturated rings. The Bertz CT molecular complexity index is 227. The summed E-state index contributed by atoms with van der Waals surface area (Å²) in [6, 6.07) is 0. The Kier molecular flexibility index (Phi) is 3.32. The molecule has 0 saturated carbocycles. The van der Waals surface area contributed by atoms with Crippen LogP contribution in [-0.4, -0.2) is 10.2 Å². The van der Waals surface area contributed by atoms with Gasteiger partial charge in [0.2, 0.25) is 0 Å². The van der Waals surface area contributed by atoms with E-state index >= 15 is 0 Å². The van der Waals surface area contributed by atoms with E-state index in [9.17, 15) is 0 Å². The molecule has 0 radical (unpaired) electrons. The lowest BCUT2D eigenvalue weighted by Crippen LogP contribution is -1.99. The Balaban J connectivity index is 2.72. The summed E-state index contributed by atoms with van der Waals surface area (Å²) in [5.74, 6) is 0.654. The topological polar surface area (TPSA) is 28.7 Å². The van der Waals surface area contributed by atoms with Gasteiger partial charge in [0.1, 0.15) is 0 Å². The summed E-state index contributed by atoms with van der Waals surface area (Å²) >= 11 is 0. The first-order chi connectivity index (χ1) is 5.79. The number of hydrogen-bond donors (Lipinski definition) is 1. The number of aryl methyl sites for hydroxylation is 1. The van der Waals surface area contributed by atoms with Gasteiger partial charge in [-0.05, 0) is 25.3 Å². The molecule has 0 amide bonds. The maximum Gasteiger partial charge on any atom is 0.0681 e. The zero-order chi connectivity index (χ0) is 8.97. The van der Waals surface area contributed by atoms with Crippen molar-refractivity contribution in [3.63, 3.8) is 0 Å². The molecule has 0 bridgehead atoms. The van der Waals surface area contributed by atoms with Crippen LogP contribution in [0.1, 0.15) is 50.3 Å². The quantitative estimate of drug-likeness (QED) is 0.731. The number of aromatic nitrogens is 2. The first kappa shape index (κ1) is 9.30. The Morgan fingerprint density at radius 3 is 2.67 bits per heavy atom. The molecule has 0 spiro atoms. The second kappa shape index (κ2) is 4.29. The van der Waals surface area contributed by atoms with Crippen LogP contribution < -0.4 is 0 Å². The van der Waals surface area contributed by atoms with Crippen molar-refractivity contribution in [3.05, 3.63) is 17.5 Å². The monoisotopic (exact) mass is 166 g/mol. The third-order valence-electron chi connectivity index (χ3n) is 2.39. The third kappa shape index (κ3) is 1.87. The summed E-state index contributed by atoms with van der Waals surface area (Å²) in [4.78, 5) is 0. The van der Waals surface area contributed by atoms with E-state index in [1.165, 1.54) is 30.5 Å². The predicted molar refractivity (Wildman–Crippen MR) is 51.3 cm³/mol. The van der Waals surface area contributed by atoms with E-state index in [-0.39, 0.29) is 0 Å². The maximum absolute atomic E-state index is 4.28. The van der Waals surface area contributed by atoms with Crippen LogP contribution in [0, 0.1) is 6.92 Å². The molecule has 0 aliphatic heterocycles. The first-order valence-electron chi connectivity index (χ1n) is 4.79. The van der Waals surface area contributed by atoms with E-state index in [4.69, 9.17) is 0 Å². The molecule has 68 valence electrons. The lowest BCUT2D eigenvalue weighted by Gasteiger charge is -2.11. The fourth-order valence-corrected chi connectivity index (χ4v) is 1.66. The highest BCUT2D eigenvalue weighted by Gasteiger charge is 2.12. The molecule has 1 N–H and O–H groups in total. The lowest BCUT2D eigenvalue weighted by atomic mass is 9.95. The molecule has 1 heterocycles. The van der Waals surface area contributed by atoms with Gasteiger partial charge in [-0.1, -0.05) is 20.3 Å². The smallest absolute Gasteiger partial charge is 0.0681 e. The Morgan fingerprint density at radius 1 is 1.50 bits per heavy atom. The van der Waals surface area contributed by atoms with Gasteiger partial charge in [0, 0.05) is 12.1 Å². The van der Waals surface area contributed by atoms with Gasteiger partial charge in [-0.2, -0.15) is 5.10 Å². The zero-order valence-corrected chi connectivity index (χ0v) is 8.22. The summed E-state index contributed by atoms with van der Waals surface area (Å²) in [7, 11) is 0. The maximum atomic E-state index is 4.28. The number of nitrogens with zero attached hydrogens (tertiary/aromatic N) is 1. The molecular formula is C10H18N2. The van der Waals surface area contributed by atoms with Crippen molar-refractivity contribution in [2.75, 3.05) is 0 Å². The minimum Gasteiger partial charge on any atom is -0.285 e. The molecule has 1 atom stereocenters. The highest BCUT2D eigenvalue weighted by Crippen LogP contribution is 2.24. The lowest BCUT2D eigenvalue weighted by molar-refractivity contribution is 0.577. The first-order valence-corrected chi connectivity index (χ1v) is 4.79. The number of nitrogens with one attached hydrogen (secondary N) is 1. The highest BCUT2D eigenvalue weighted by molar-refractivity contribution is 5.18. The zero-order valence-electron chi connectivity index (χ0n) is 8.22. The van der Waals surface area contributed by atoms with Gasteiger partial charge in [0.25, 0.3) is 0 Å². The summed E-state index contributed by atoms with van der Waals surface area (Å²) in [6.07, 6.45) is 5.67. The average molecular weight is 166 g/mol. The van der Waals surface area contributed by atoms with Gasteiger partial charge in [-0.25, -0.2) is 0 Å². The number of hydrogen-bond acceptors (Lipinski definition) is 1. The molecule has 0 aromatic carbocycles. The van der Waals surface area contributed by atoms with Crippen LogP contribution in [-0.2, 0) is 0 Å². The van der Waals surface area contributed by atoms with Crippen LogP contribution in [0.3, 0.4) is 0 Å². The Morgan fingerprint density at radius 2 is 2.25 bits per heavy atom. The van der Waals surface area contributed by atoms with Crippen LogP contribution in [0.15, 0.2) is 6.20 Å². The van der Waals surface area contributed by atoms with E-state index in [2.05, 4.69) is 31.0 Å². The molecule has 1 aromatic heterocycles. The van der Waals surface area contributed by atoms with Gasteiger partial charge >= 0.3 is 0 Å². The van der Waals surface area contributed by atoms with Gasteiger partial charge in [0.15, 0.2) is 0 Å². The van der Waals surface area contributed by atoms with E-state index in [1.54, 1.807) is 0 Å². The molecule has 0 aliphatic carbocycles. The summed E-state index contributed by atoms with van der Waals surface area (Å²) in [5.41, 5.74) is 2.56. The Hall–Kier alpha value is -0.790. The van der Waals surface area contributed by atoms with Crippen LogP contribution >= 0.6 is 0 Å². The molecule has 2 heteroatoms. The van der Waals surface area contributed by atoms with Crippen LogP contribution in [0.4, 0.5) is 0 Å². The number of rotatable bonds is 4. The minimum absolute atomic E-state index is 0.654. The number of H-pyrrole nitrogens is 1. The van der Waals surface area contributed by atoms with Crippen molar-refractivity contribution < 1.29 is 0 Å². The third-order valence-corrected chi connectivity index (χ3v) is 2.39. The van der Waals surface area contributed by atoms with E-state index in [0.717, 1.165) is 0 Å². The van der Waals surface area contributed by atoms with Gasteiger partial charge in [-0.15, -0.1) is 0 Å². The van der Waals surface area contributed by atoms with Crippen molar-refractivity contribution in [1.29, 1.82) is 0 Å². The van der Waals surface area contributed by atoms with Gasteiger partial charge < -0.3 is 0 Å². The molecule has 0 aliphatic rings. The van der Waals surface area contributed by atoms with Crippen LogP contribution in [0.25, 0.3) is 0 Å². The largest absolute Gasteiger partial charge is 0.285 e. The second-order valence-corrected chi connectivity index (χ2v) is 3.35. The summed E-state index contributed by atoms with van der Waals surface area (Å²) < 4.78 is 0. The molecule has 2 nitrogen and oxygen atoms in total.